The molecule has 1 aliphatic rings. The van der Waals surface area contributed by atoms with Crippen molar-refractivity contribution in [2.75, 3.05) is 33.3 Å². The van der Waals surface area contributed by atoms with Crippen molar-refractivity contribution in [3.63, 3.8) is 0 Å². The van der Waals surface area contributed by atoms with Crippen molar-refractivity contribution >= 4 is 27.5 Å². The van der Waals surface area contributed by atoms with E-state index in [1.807, 2.05) is 44.3 Å². The van der Waals surface area contributed by atoms with E-state index in [2.05, 4.69) is 10.2 Å². The molecule has 0 atom stereocenters. The van der Waals surface area contributed by atoms with E-state index in [0.717, 1.165) is 31.5 Å². The van der Waals surface area contributed by atoms with Crippen LogP contribution in [0.25, 0.3) is 0 Å². The molecule has 0 unspecified atom stereocenters. The fraction of sp³-hybridized carbons (Fsp3) is 0.435. The number of hydrogen-bond donors (Lipinski definition) is 1. The molecule has 3 rings (SSSR count). The summed E-state index contributed by atoms with van der Waals surface area (Å²) >= 11 is 6.23. The van der Waals surface area contributed by atoms with Gasteiger partial charge in [0, 0.05) is 12.6 Å². The number of likely N-dealkylation sites (tertiary alicyclic amines) is 1. The van der Waals surface area contributed by atoms with Gasteiger partial charge in [0.05, 0.1) is 23.1 Å². The number of carbonyl (C=O) groups excluding carboxylic acids is 1. The predicted molar refractivity (Wildman–Crippen MR) is 125 cm³/mol. The van der Waals surface area contributed by atoms with E-state index < -0.39 is 10.0 Å². The monoisotopic (exact) mass is 479 g/mol. The molecule has 0 spiro atoms. The molecule has 174 valence electrons. The molecule has 2 aromatic rings. The molecule has 9 heteroatoms. The molecule has 0 aromatic heterocycles. The number of ether oxygens (including phenoxy) is 1. The highest BCUT2D eigenvalue weighted by Gasteiger charge is 2.29. The lowest BCUT2D eigenvalue weighted by molar-refractivity contribution is -0.122. The number of benzene rings is 2. The third-order valence-corrected chi connectivity index (χ3v) is 7.53. The minimum absolute atomic E-state index is 0.0222. The Morgan fingerprint density at radius 3 is 2.50 bits per heavy atom. The molecule has 1 amide bonds. The molecule has 1 saturated heterocycles. The fourth-order valence-corrected chi connectivity index (χ4v) is 5.37. The number of nitrogens with zero attached hydrogens (tertiary/aromatic N) is 2. The molecule has 0 saturated carbocycles. The van der Waals surface area contributed by atoms with Crippen molar-refractivity contribution < 1.29 is 17.9 Å². The van der Waals surface area contributed by atoms with Crippen molar-refractivity contribution in [2.24, 2.45) is 0 Å². The van der Waals surface area contributed by atoms with Gasteiger partial charge in [-0.25, -0.2) is 8.42 Å². The van der Waals surface area contributed by atoms with Crippen LogP contribution in [0.3, 0.4) is 0 Å². The number of amides is 1. The Bertz CT molecular complexity index is 1010. The number of hydrogen-bond acceptors (Lipinski definition) is 5. The molecular weight excluding hydrogens is 450 g/mol. The molecule has 1 N–H and O–H groups in total. The summed E-state index contributed by atoms with van der Waals surface area (Å²) in [4.78, 5) is 15.0. The third kappa shape index (κ3) is 6.45. The van der Waals surface area contributed by atoms with Crippen molar-refractivity contribution in [2.45, 2.75) is 37.2 Å². The van der Waals surface area contributed by atoms with Crippen molar-refractivity contribution in [3.8, 4) is 5.75 Å². The van der Waals surface area contributed by atoms with Gasteiger partial charge in [-0.05, 0) is 63.7 Å². The summed E-state index contributed by atoms with van der Waals surface area (Å²) in [6, 6.07) is 13.6. The Morgan fingerprint density at radius 2 is 1.88 bits per heavy atom. The van der Waals surface area contributed by atoms with E-state index in [9.17, 15) is 13.2 Å². The quantitative estimate of drug-likeness (QED) is 0.597. The number of piperidine rings is 1. The fourth-order valence-electron chi connectivity index (χ4n) is 3.66. The highest BCUT2D eigenvalue weighted by Crippen LogP contribution is 2.29. The summed E-state index contributed by atoms with van der Waals surface area (Å²) in [5.41, 5.74) is 0.792. The van der Waals surface area contributed by atoms with E-state index in [0.29, 0.717) is 12.4 Å². The van der Waals surface area contributed by atoms with E-state index in [1.165, 1.54) is 22.5 Å². The average molecular weight is 480 g/mol. The second-order valence-electron chi connectivity index (χ2n) is 7.93. The first-order valence-electron chi connectivity index (χ1n) is 10.7. The Balaban J connectivity index is 1.81. The van der Waals surface area contributed by atoms with Gasteiger partial charge in [-0.15, -0.1) is 0 Å². The van der Waals surface area contributed by atoms with E-state index in [4.69, 9.17) is 16.3 Å². The van der Waals surface area contributed by atoms with Crippen LogP contribution in [0.1, 0.15) is 25.3 Å². The van der Waals surface area contributed by atoms with E-state index in [1.54, 1.807) is 0 Å². The van der Waals surface area contributed by atoms with Crippen LogP contribution in [0.15, 0.2) is 53.4 Å². The number of carbonyl (C=O) groups is 1. The SMILES string of the molecule is CCOc1ccc(S(=O)(=O)N(CC(=O)NC2CCN(C)CC2)Cc2ccccc2)cc1Cl. The normalized spacial score (nSPS) is 15.6. The summed E-state index contributed by atoms with van der Waals surface area (Å²) in [5, 5.41) is 3.21. The number of halogens is 1. The lowest BCUT2D eigenvalue weighted by Gasteiger charge is -2.30. The first kappa shape index (κ1) is 24.5. The highest BCUT2D eigenvalue weighted by atomic mass is 35.5. The maximum atomic E-state index is 13.5. The van der Waals surface area contributed by atoms with Gasteiger partial charge in [0.15, 0.2) is 0 Å². The average Bonchev–Trinajstić information content (AvgIpc) is 2.77. The minimum atomic E-state index is -3.97. The summed E-state index contributed by atoms with van der Waals surface area (Å²) in [6.07, 6.45) is 1.70. The summed E-state index contributed by atoms with van der Waals surface area (Å²) in [7, 11) is -1.92. The van der Waals surface area contributed by atoms with Gasteiger partial charge in [0.25, 0.3) is 0 Å². The number of nitrogens with one attached hydrogen (secondary N) is 1. The number of sulfonamides is 1. The van der Waals surface area contributed by atoms with Crippen molar-refractivity contribution in [1.29, 1.82) is 0 Å². The smallest absolute Gasteiger partial charge is 0.243 e. The van der Waals surface area contributed by atoms with Gasteiger partial charge in [0.2, 0.25) is 15.9 Å². The molecule has 0 aliphatic carbocycles. The zero-order chi connectivity index (χ0) is 23.1. The molecule has 1 aliphatic heterocycles. The minimum Gasteiger partial charge on any atom is -0.492 e. The highest BCUT2D eigenvalue weighted by molar-refractivity contribution is 7.89. The number of rotatable bonds is 9. The van der Waals surface area contributed by atoms with Crippen LogP contribution < -0.4 is 10.1 Å². The molecule has 1 fully saturated rings. The summed E-state index contributed by atoms with van der Waals surface area (Å²) in [5.74, 6) is 0.110. The van der Waals surface area contributed by atoms with Gasteiger partial charge < -0.3 is 15.0 Å². The van der Waals surface area contributed by atoms with Crippen LogP contribution in [0.2, 0.25) is 5.02 Å². The predicted octanol–water partition coefficient (Wildman–Crippen LogP) is 3.14. The Morgan fingerprint density at radius 1 is 1.19 bits per heavy atom. The zero-order valence-electron chi connectivity index (χ0n) is 18.5. The van der Waals surface area contributed by atoms with Gasteiger partial charge in [-0.2, -0.15) is 4.31 Å². The lowest BCUT2D eigenvalue weighted by Crippen LogP contribution is -2.47. The molecule has 32 heavy (non-hydrogen) atoms. The van der Waals surface area contributed by atoms with Crippen LogP contribution in [-0.2, 0) is 21.4 Å². The molecule has 2 aromatic carbocycles. The largest absolute Gasteiger partial charge is 0.492 e. The molecule has 1 heterocycles. The topological polar surface area (TPSA) is 79.0 Å². The van der Waals surface area contributed by atoms with Crippen molar-refractivity contribution in [3.05, 3.63) is 59.1 Å². The van der Waals surface area contributed by atoms with Crippen LogP contribution in [0.4, 0.5) is 0 Å². The molecule has 7 nitrogen and oxygen atoms in total. The van der Waals surface area contributed by atoms with Crippen LogP contribution >= 0.6 is 11.6 Å². The third-order valence-electron chi connectivity index (χ3n) is 5.45. The molecular formula is C23H30ClN3O4S. The first-order valence-corrected chi connectivity index (χ1v) is 12.6. The molecule has 0 bridgehead atoms. The maximum absolute atomic E-state index is 13.5. The second-order valence-corrected chi connectivity index (χ2v) is 10.3. The standard InChI is InChI=1S/C23H30ClN3O4S/c1-3-31-22-10-9-20(15-21(22)24)32(29,30)27(16-18-7-5-4-6-8-18)17-23(28)25-19-11-13-26(2)14-12-19/h4-10,15,19H,3,11-14,16-17H2,1-2H3,(H,25,28). The Kier molecular flexibility index (Phi) is 8.53. The van der Waals surface area contributed by atoms with Gasteiger partial charge >= 0.3 is 0 Å². The van der Waals surface area contributed by atoms with Crippen LogP contribution in [0, 0.1) is 0 Å². The van der Waals surface area contributed by atoms with E-state index >= 15 is 0 Å². The first-order chi connectivity index (χ1) is 15.3. The summed E-state index contributed by atoms with van der Waals surface area (Å²) in [6.45, 7) is 3.86. The second kappa shape index (κ2) is 11.1. The van der Waals surface area contributed by atoms with E-state index in [-0.39, 0.29) is 35.0 Å². The van der Waals surface area contributed by atoms with Gasteiger partial charge in [-0.3, -0.25) is 4.79 Å². The maximum Gasteiger partial charge on any atom is 0.243 e. The Hall–Kier alpha value is -2.13. The van der Waals surface area contributed by atoms with Crippen molar-refractivity contribution in [1.82, 2.24) is 14.5 Å². The van der Waals surface area contributed by atoms with Gasteiger partial charge in [0.1, 0.15) is 5.75 Å². The van der Waals surface area contributed by atoms with Gasteiger partial charge in [-0.1, -0.05) is 41.9 Å². The lowest BCUT2D eigenvalue weighted by atomic mass is 10.1. The zero-order valence-corrected chi connectivity index (χ0v) is 20.0. The van der Waals surface area contributed by atoms with Crippen LogP contribution in [0.5, 0.6) is 5.75 Å². The Labute approximate surface area is 195 Å². The molecule has 0 radical (unpaired) electrons. The van der Waals surface area contributed by atoms with Crippen LogP contribution in [-0.4, -0.2) is 62.9 Å². The summed E-state index contributed by atoms with van der Waals surface area (Å²) < 4.78 is 33.5.